The van der Waals surface area contributed by atoms with Crippen LogP contribution in [0.25, 0.3) is 0 Å². The molecule has 3 rings (SSSR count). The van der Waals surface area contributed by atoms with Gasteiger partial charge in [-0.1, -0.05) is 12.1 Å². The van der Waals surface area contributed by atoms with Crippen LogP contribution in [0.5, 0.6) is 17.2 Å². The largest absolute Gasteiger partial charge is 0.493 e. The van der Waals surface area contributed by atoms with Crippen LogP contribution in [0, 0.1) is 0 Å². The fraction of sp³-hybridized carbons (Fsp3) is 0.381. The Hall–Kier alpha value is -2.73. The Morgan fingerprint density at radius 1 is 1.00 bits per heavy atom. The van der Waals surface area contributed by atoms with Crippen molar-refractivity contribution in [1.82, 2.24) is 4.90 Å². The Morgan fingerprint density at radius 2 is 1.67 bits per heavy atom. The molecule has 27 heavy (non-hydrogen) atoms. The van der Waals surface area contributed by atoms with Crippen LogP contribution in [0.15, 0.2) is 30.3 Å². The van der Waals surface area contributed by atoms with Gasteiger partial charge in [-0.2, -0.15) is 0 Å². The summed E-state index contributed by atoms with van der Waals surface area (Å²) in [6, 6.07) is 9.12. The van der Waals surface area contributed by atoms with E-state index in [2.05, 4.69) is 4.90 Å². The summed E-state index contributed by atoms with van der Waals surface area (Å²) in [5.41, 5.74) is 3.80. The van der Waals surface area contributed by atoms with Gasteiger partial charge in [-0.3, -0.25) is 4.90 Å². The van der Waals surface area contributed by atoms with Crippen molar-refractivity contribution in [3.05, 3.63) is 52.6 Å². The zero-order valence-electron chi connectivity index (χ0n) is 15.9. The number of carboxylic acids is 1. The van der Waals surface area contributed by atoms with Crippen molar-refractivity contribution >= 4 is 5.97 Å². The second kappa shape index (κ2) is 8.31. The molecule has 0 bridgehead atoms. The minimum atomic E-state index is -0.901. The van der Waals surface area contributed by atoms with Crippen LogP contribution in [0.2, 0.25) is 0 Å². The molecule has 2 aromatic rings. The molecule has 0 radical (unpaired) electrons. The van der Waals surface area contributed by atoms with E-state index >= 15 is 0 Å². The molecule has 1 aliphatic heterocycles. The number of benzene rings is 2. The highest BCUT2D eigenvalue weighted by atomic mass is 16.5. The van der Waals surface area contributed by atoms with Gasteiger partial charge in [-0.15, -0.1) is 0 Å². The van der Waals surface area contributed by atoms with Crippen molar-refractivity contribution in [2.75, 3.05) is 34.4 Å². The van der Waals surface area contributed by atoms with E-state index in [1.165, 1.54) is 11.1 Å². The Balaban J connectivity index is 1.78. The first kappa shape index (κ1) is 19.0. The molecule has 2 aromatic carbocycles. The summed E-state index contributed by atoms with van der Waals surface area (Å²) in [7, 11) is 4.91. The fourth-order valence-electron chi connectivity index (χ4n) is 3.59. The molecule has 0 fully saturated rings. The molecular formula is C21H25NO5. The average molecular weight is 371 g/mol. The molecule has 0 amide bonds. The molecule has 1 aliphatic rings. The summed E-state index contributed by atoms with van der Waals surface area (Å²) in [5.74, 6) is 1.17. The van der Waals surface area contributed by atoms with Crippen molar-refractivity contribution < 1.29 is 24.1 Å². The number of carboxylic acid groups (broad SMARTS) is 1. The summed E-state index contributed by atoms with van der Waals surface area (Å²) >= 11 is 0. The average Bonchev–Trinajstić information content (AvgIpc) is 2.89. The lowest BCUT2D eigenvalue weighted by molar-refractivity contribution is 0.0697. The van der Waals surface area contributed by atoms with Gasteiger partial charge < -0.3 is 19.3 Å². The zero-order valence-corrected chi connectivity index (χ0v) is 15.9. The fourth-order valence-corrected chi connectivity index (χ4v) is 3.59. The van der Waals surface area contributed by atoms with Crippen molar-refractivity contribution in [2.24, 2.45) is 0 Å². The van der Waals surface area contributed by atoms with E-state index in [0.717, 1.165) is 43.8 Å². The maximum Gasteiger partial charge on any atom is 0.335 e. The van der Waals surface area contributed by atoms with Gasteiger partial charge >= 0.3 is 5.97 Å². The van der Waals surface area contributed by atoms with Gasteiger partial charge in [0.25, 0.3) is 0 Å². The van der Waals surface area contributed by atoms with Gasteiger partial charge in [0.2, 0.25) is 5.75 Å². The number of ether oxygens (including phenoxy) is 3. The van der Waals surface area contributed by atoms with Crippen molar-refractivity contribution in [2.45, 2.75) is 19.4 Å². The van der Waals surface area contributed by atoms with E-state index in [0.29, 0.717) is 17.1 Å². The molecule has 0 spiro atoms. The van der Waals surface area contributed by atoms with E-state index in [-0.39, 0.29) is 0 Å². The van der Waals surface area contributed by atoms with Gasteiger partial charge in [0, 0.05) is 25.2 Å². The molecule has 144 valence electrons. The topological polar surface area (TPSA) is 68.2 Å². The molecule has 0 saturated carbocycles. The Bertz CT molecular complexity index is 816. The van der Waals surface area contributed by atoms with E-state index in [1.807, 2.05) is 18.2 Å². The quantitative estimate of drug-likeness (QED) is 0.842. The molecule has 6 heteroatoms. The lowest BCUT2D eigenvalue weighted by Crippen LogP contribution is -2.25. The molecule has 0 unspecified atom stereocenters. The zero-order chi connectivity index (χ0) is 19.4. The van der Waals surface area contributed by atoms with Crippen molar-refractivity contribution in [3.63, 3.8) is 0 Å². The van der Waals surface area contributed by atoms with Gasteiger partial charge in [0.1, 0.15) is 0 Å². The third-order valence-electron chi connectivity index (χ3n) is 5.01. The predicted octanol–water partition coefficient (Wildman–Crippen LogP) is 3.01. The lowest BCUT2D eigenvalue weighted by atomic mass is 10.0. The van der Waals surface area contributed by atoms with Crippen molar-refractivity contribution in [1.29, 1.82) is 0 Å². The maximum atomic E-state index is 11.0. The number of hydrogen-bond acceptors (Lipinski definition) is 5. The highest BCUT2D eigenvalue weighted by Gasteiger charge is 2.23. The number of methoxy groups -OCH3 is 3. The third-order valence-corrected chi connectivity index (χ3v) is 5.01. The first-order valence-electron chi connectivity index (χ1n) is 8.92. The first-order chi connectivity index (χ1) is 13.1. The SMILES string of the molecule is COc1cc2c(c(OC)c1OC)CCN(Cc1ccc(C(=O)O)cc1)CC2. The van der Waals surface area contributed by atoms with Crippen LogP contribution in [0.3, 0.4) is 0 Å². The Kier molecular flexibility index (Phi) is 5.86. The standard InChI is InChI=1S/C21H25NO5/c1-25-18-12-16-8-10-22(11-9-17(16)19(26-2)20(18)27-3)13-14-4-6-15(7-5-14)21(23)24/h4-7,12H,8-11,13H2,1-3H3,(H,23,24). The predicted molar refractivity (Wildman–Crippen MR) is 102 cm³/mol. The van der Waals surface area contributed by atoms with Crippen LogP contribution in [-0.2, 0) is 19.4 Å². The van der Waals surface area contributed by atoms with E-state index in [1.54, 1.807) is 33.5 Å². The molecule has 0 aromatic heterocycles. The number of aromatic carboxylic acids is 1. The van der Waals surface area contributed by atoms with E-state index in [4.69, 9.17) is 19.3 Å². The van der Waals surface area contributed by atoms with Crippen LogP contribution >= 0.6 is 0 Å². The van der Waals surface area contributed by atoms with Gasteiger partial charge in [-0.05, 0) is 42.2 Å². The summed E-state index contributed by atoms with van der Waals surface area (Å²) in [6.45, 7) is 2.58. The second-order valence-corrected chi connectivity index (χ2v) is 6.56. The van der Waals surface area contributed by atoms with Gasteiger partial charge in [0.15, 0.2) is 11.5 Å². The van der Waals surface area contributed by atoms with Crippen LogP contribution in [-0.4, -0.2) is 50.4 Å². The maximum absolute atomic E-state index is 11.0. The summed E-state index contributed by atoms with van der Waals surface area (Å²) in [4.78, 5) is 13.4. The number of hydrogen-bond donors (Lipinski definition) is 1. The minimum Gasteiger partial charge on any atom is -0.493 e. The third kappa shape index (κ3) is 4.01. The Labute approximate surface area is 159 Å². The minimum absolute atomic E-state index is 0.311. The van der Waals surface area contributed by atoms with E-state index < -0.39 is 5.97 Å². The lowest BCUT2D eigenvalue weighted by Gasteiger charge is -2.20. The normalized spacial score (nSPS) is 14.2. The Morgan fingerprint density at radius 3 is 2.26 bits per heavy atom. The number of nitrogens with zero attached hydrogens (tertiary/aromatic N) is 1. The van der Waals surface area contributed by atoms with E-state index in [9.17, 15) is 4.79 Å². The van der Waals surface area contributed by atoms with Crippen molar-refractivity contribution in [3.8, 4) is 17.2 Å². The summed E-state index contributed by atoms with van der Waals surface area (Å²) < 4.78 is 16.6. The molecular weight excluding hydrogens is 346 g/mol. The smallest absolute Gasteiger partial charge is 0.335 e. The highest BCUT2D eigenvalue weighted by molar-refractivity contribution is 5.87. The molecule has 0 atom stereocenters. The van der Waals surface area contributed by atoms with Crippen LogP contribution in [0.1, 0.15) is 27.0 Å². The molecule has 0 aliphatic carbocycles. The highest BCUT2D eigenvalue weighted by Crippen LogP contribution is 2.43. The first-order valence-corrected chi connectivity index (χ1v) is 8.92. The number of carbonyl (C=O) groups is 1. The van der Waals surface area contributed by atoms with Crippen LogP contribution in [0.4, 0.5) is 0 Å². The van der Waals surface area contributed by atoms with Gasteiger partial charge in [0.05, 0.1) is 26.9 Å². The number of fused-ring (bicyclic) bond motifs is 1. The summed E-state index contributed by atoms with van der Waals surface area (Å²) in [6.07, 6.45) is 1.74. The van der Waals surface area contributed by atoms with Gasteiger partial charge in [-0.25, -0.2) is 4.79 Å². The number of rotatable bonds is 6. The summed E-state index contributed by atoms with van der Waals surface area (Å²) in [5, 5.41) is 9.03. The molecule has 1 N–H and O–H groups in total. The molecule has 0 saturated heterocycles. The second-order valence-electron chi connectivity index (χ2n) is 6.56. The van der Waals surface area contributed by atoms with Crippen LogP contribution < -0.4 is 14.2 Å². The monoisotopic (exact) mass is 371 g/mol. The molecule has 6 nitrogen and oxygen atoms in total. The molecule has 1 heterocycles.